The number of aliphatic imine (C=N–C) groups is 1. The highest BCUT2D eigenvalue weighted by Gasteiger charge is 2.31. The molecule has 210 valence electrons. The summed E-state index contributed by atoms with van der Waals surface area (Å²) in [6, 6.07) is -5.26. The molecule has 0 saturated carbocycles. The van der Waals surface area contributed by atoms with E-state index >= 15 is 0 Å². The number of carbonyl (C=O) groups is 6. The average Bonchev–Trinajstić information content (AvgIpc) is 2.76. The standard InChI is InChI=1S/C21H38N8O8/c1-10(2)8-14(19(35)28-13(20(36)37)5-6-15(23)30)29-18(34)12(4-3-7-26-21(24)25)27-17(33)11(22)9-16(31)32/h10-14H,3-9,22H2,1-2H3,(H2,23,30)(H,27,33)(H,28,35)(H,29,34)(H,31,32)(H,36,37)(H4,24,25,26). The predicted octanol–water partition coefficient (Wildman–Crippen LogP) is -3.31. The minimum Gasteiger partial charge on any atom is -0.481 e. The van der Waals surface area contributed by atoms with Gasteiger partial charge in [-0.2, -0.15) is 0 Å². The van der Waals surface area contributed by atoms with Gasteiger partial charge >= 0.3 is 11.9 Å². The number of aliphatic carboxylic acids is 2. The molecule has 16 heteroatoms. The minimum absolute atomic E-state index is 0.0144. The fourth-order valence-electron chi connectivity index (χ4n) is 3.12. The Kier molecular flexibility index (Phi) is 14.9. The van der Waals surface area contributed by atoms with Crippen LogP contribution in [0.1, 0.15) is 52.4 Å². The maximum absolute atomic E-state index is 13.1. The lowest BCUT2D eigenvalue weighted by Crippen LogP contribution is -2.57. The molecule has 37 heavy (non-hydrogen) atoms. The van der Waals surface area contributed by atoms with Crippen molar-refractivity contribution in [2.45, 2.75) is 76.5 Å². The normalized spacial score (nSPS) is 13.9. The Bertz CT molecular complexity index is 859. The largest absolute Gasteiger partial charge is 0.481 e. The fourth-order valence-corrected chi connectivity index (χ4v) is 3.12. The molecule has 0 aliphatic carbocycles. The lowest BCUT2D eigenvalue weighted by Gasteiger charge is -2.26. The van der Waals surface area contributed by atoms with E-state index in [1.165, 1.54) is 0 Å². The molecule has 13 N–H and O–H groups in total. The van der Waals surface area contributed by atoms with Crippen molar-refractivity contribution < 1.29 is 39.0 Å². The Morgan fingerprint density at radius 2 is 1.35 bits per heavy atom. The van der Waals surface area contributed by atoms with Crippen LogP contribution in [0.15, 0.2) is 4.99 Å². The van der Waals surface area contributed by atoms with Crippen LogP contribution in [0.2, 0.25) is 0 Å². The van der Waals surface area contributed by atoms with Gasteiger partial charge in [-0.25, -0.2) is 4.79 Å². The van der Waals surface area contributed by atoms with Gasteiger partial charge < -0.3 is 49.1 Å². The van der Waals surface area contributed by atoms with Crippen LogP contribution >= 0.6 is 0 Å². The van der Waals surface area contributed by atoms with Gasteiger partial charge in [-0.3, -0.25) is 29.0 Å². The van der Waals surface area contributed by atoms with E-state index in [0.717, 1.165) is 0 Å². The van der Waals surface area contributed by atoms with E-state index in [4.69, 9.17) is 28.0 Å². The quantitative estimate of drug-likeness (QED) is 0.0480. The number of nitrogens with one attached hydrogen (secondary N) is 3. The summed E-state index contributed by atoms with van der Waals surface area (Å²) >= 11 is 0. The minimum atomic E-state index is -1.43. The number of hydrogen-bond acceptors (Lipinski definition) is 8. The van der Waals surface area contributed by atoms with E-state index in [-0.39, 0.29) is 50.5 Å². The SMILES string of the molecule is CC(C)CC(NC(=O)C(CCCN=C(N)N)NC(=O)C(N)CC(=O)O)C(=O)NC(CCC(N)=O)C(=O)O. The van der Waals surface area contributed by atoms with Gasteiger partial charge in [-0.15, -0.1) is 0 Å². The Labute approximate surface area is 214 Å². The molecule has 0 aromatic rings. The van der Waals surface area contributed by atoms with E-state index in [0.29, 0.717) is 0 Å². The third-order valence-corrected chi connectivity index (χ3v) is 4.94. The monoisotopic (exact) mass is 530 g/mol. The summed E-state index contributed by atoms with van der Waals surface area (Å²) in [5.41, 5.74) is 21.2. The molecule has 0 bridgehead atoms. The summed E-state index contributed by atoms with van der Waals surface area (Å²) in [7, 11) is 0. The first-order valence-corrected chi connectivity index (χ1v) is 11.6. The summed E-state index contributed by atoms with van der Waals surface area (Å²) < 4.78 is 0. The Morgan fingerprint density at radius 1 is 0.811 bits per heavy atom. The van der Waals surface area contributed by atoms with Gasteiger partial charge in [-0.05, 0) is 31.6 Å². The lowest BCUT2D eigenvalue weighted by molar-refractivity contribution is -0.142. The fraction of sp³-hybridized carbons (Fsp3) is 0.667. The molecule has 0 fully saturated rings. The number of primary amides is 1. The van der Waals surface area contributed by atoms with Gasteiger partial charge in [0.25, 0.3) is 0 Å². The van der Waals surface area contributed by atoms with Gasteiger partial charge in [0, 0.05) is 13.0 Å². The number of nitrogens with zero attached hydrogens (tertiary/aromatic N) is 1. The molecule has 0 aliphatic heterocycles. The van der Waals surface area contributed by atoms with Crippen molar-refractivity contribution in [3.63, 3.8) is 0 Å². The molecular formula is C21H38N8O8. The highest BCUT2D eigenvalue weighted by molar-refractivity contribution is 5.94. The van der Waals surface area contributed by atoms with Gasteiger partial charge in [0.15, 0.2) is 5.96 Å². The molecule has 0 saturated heterocycles. The Hall–Kier alpha value is -3.95. The van der Waals surface area contributed by atoms with Gasteiger partial charge in [0.05, 0.1) is 12.5 Å². The predicted molar refractivity (Wildman–Crippen MR) is 131 cm³/mol. The molecule has 0 aromatic heterocycles. The Morgan fingerprint density at radius 3 is 1.84 bits per heavy atom. The van der Waals surface area contributed by atoms with Crippen molar-refractivity contribution in [2.24, 2.45) is 33.8 Å². The molecule has 0 spiro atoms. The number of carbonyl (C=O) groups excluding carboxylic acids is 4. The van der Waals surface area contributed by atoms with Crippen LogP contribution in [-0.4, -0.2) is 82.5 Å². The molecule has 0 heterocycles. The topological polar surface area (TPSA) is 295 Å². The van der Waals surface area contributed by atoms with E-state index in [1.54, 1.807) is 13.8 Å². The van der Waals surface area contributed by atoms with Crippen molar-refractivity contribution in [3.05, 3.63) is 0 Å². The highest BCUT2D eigenvalue weighted by atomic mass is 16.4. The summed E-state index contributed by atoms with van der Waals surface area (Å²) in [6.45, 7) is 3.67. The molecule has 4 amide bonds. The summed E-state index contributed by atoms with van der Waals surface area (Å²) in [5.74, 6) is -6.22. The number of rotatable bonds is 18. The zero-order chi connectivity index (χ0) is 28.7. The van der Waals surface area contributed by atoms with Crippen LogP contribution in [0.25, 0.3) is 0 Å². The summed E-state index contributed by atoms with van der Waals surface area (Å²) in [5, 5.41) is 25.4. The molecule has 4 atom stereocenters. The smallest absolute Gasteiger partial charge is 0.326 e. The highest BCUT2D eigenvalue weighted by Crippen LogP contribution is 2.09. The molecule has 0 rings (SSSR count). The van der Waals surface area contributed by atoms with Crippen molar-refractivity contribution in [3.8, 4) is 0 Å². The number of guanidine groups is 1. The summed E-state index contributed by atoms with van der Waals surface area (Å²) in [6.07, 6.45) is -0.829. The second-order valence-electron chi connectivity index (χ2n) is 8.81. The van der Waals surface area contributed by atoms with Crippen LogP contribution < -0.4 is 38.9 Å². The Balaban J connectivity index is 5.64. The van der Waals surface area contributed by atoms with Crippen LogP contribution in [0.4, 0.5) is 0 Å². The van der Waals surface area contributed by atoms with Crippen molar-refractivity contribution in [1.82, 2.24) is 16.0 Å². The van der Waals surface area contributed by atoms with Crippen LogP contribution in [0.5, 0.6) is 0 Å². The number of amides is 4. The average molecular weight is 531 g/mol. The lowest BCUT2D eigenvalue weighted by atomic mass is 10.0. The van der Waals surface area contributed by atoms with E-state index in [9.17, 15) is 33.9 Å². The molecule has 16 nitrogen and oxygen atoms in total. The summed E-state index contributed by atoms with van der Waals surface area (Å²) in [4.78, 5) is 75.4. The first kappa shape index (κ1) is 33.0. The van der Waals surface area contributed by atoms with Crippen molar-refractivity contribution >= 4 is 41.5 Å². The maximum Gasteiger partial charge on any atom is 0.326 e. The van der Waals surface area contributed by atoms with Gasteiger partial charge in [0.1, 0.15) is 18.1 Å². The van der Waals surface area contributed by atoms with Crippen LogP contribution in [0, 0.1) is 5.92 Å². The maximum atomic E-state index is 13.1. The molecule has 0 radical (unpaired) electrons. The first-order valence-electron chi connectivity index (χ1n) is 11.6. The van der Waals surface area contributed by atoms with Gasteiger partial charge in [0.2, 0.25) is 23.6 Å². The van der Waals surface area contributed by atoms with Crippen LogP contribution in [0.3, 0.4) is 0 Å². The third-order valence-electron chi connectivity index (χ3n) is 4.94. The molecule has 4 unspecified atom stereocenters. The molecule has 0 aromatic carbocycles. The zero-order valence-electron chi connectivity index (χ0n) is 20.9. The number of carboxylic acids is 2. The number of hydrogen-bond donors (Lipinski definition) is 9. The van der Waals surface area contributed by atoms with Crippen molar-refractivity contribution in [2.75, 3.05) is 6.54 Å². The van der Waals surface area contributed by atoms with Crippen LogP contribution in [-0.2, 0) is 28.8 Å². The van der Waals surface area contributed by atoms with E-state index in [1.807, 2.05) is 0 Å². The number of carboxylic acid groups (broad SMARTS) is 2. The van der Waals surface area contributed by atoms with E-state index < -0.39 is 66.2 Å². The number of nitrogens with two attached hydrogens (primary N) is 4. The second-order valence-corrected chi connectivity index (χ2v) is 8.81. The molecule has 0 aliphatic rings. The zero-order valence-corrected chi connectivity index (χ0v) is 20.9. The second kappa shape index (κ2) is 16.7. The van der Waals surface area contributed by atoms with Crippen molar-refractivity contribution in [1.29, 1.82) is 0 Å². The first-order chi connectivity index (χ1) is 17.1. The third kappa shape index (κ3) is 14.9. The molecular weight excluding hydrogens is 492 g/mol. The van der Waals surface area contributed by atoms with Gasteiger partial charge in [-0.1, -0.05) is 13.8 Å². The van der Waals surface area contributed by atoms with E-state index in [2.05, 4.69) is 20.9 Å².